The fourth-order valence-electron chi connectivity index (χ4n) is 2.35. The second-order valence-corrected chi connectivity index (χ2v) is 5.20. The Balaban J connectivity index is 1.60. The maximum atomic E-state index is 12.0. The van der Waals surface area contributed by atoms with Gasteiger partial charge < -0.3 is 10.1 Å². The average Bonchev–Trinajstić information content (AvgIpc) is 2.96. The summed E-state index contributed by atoms with van der Waals surface area (Å²) in [6.07, 6.45) is 6.82. The van der Waals surface area contributed by atoms with Crippen molar-refractivity contribution in [2.75, 3.05) is 11.9 Å². The number of hydrogen-bond donors (Lipinski definition) is 2. The van der Waals surface area contributed by atoms with Crippen molar-refractivity contribution in [3.05, 3.63) is 40.6 Å². The minimum Gasteiger partial charge on any atom is -0.376 e. The van der Waals surface area contributed by atoms with Crippen LogP contribution in [0.3, 0.4) is 0 Å². The van der Waals surface area contributed by atoms with Crippen LogP contribution < -0.4 is 10.9 Å². The third-order valence-corrected chi connectivity index (χ3v) is 3.47. The molecule has 0 radical (unpaired) electrons. The molecule has 8 nitrogen and oxygen atoms in total. The van der Waals surface area contributed by atoms with Crippen LogP contribution in [-0.4, -0.2) is 38.6 Å². The first kappa shape index (κ1) is 14.5. The smallest absolute Gasteiger partial charge is 0.276 e. The molecule has 8 heteroatoms. The van der Waals surface area contributed by atoms with Gasteiger partial charge in [-0.15, -0.1) is 0 Å². The quantitative estimate of drug-likeness (QED) is 0.869. The normalized spacial score (nSPS) is 18.1. The topological polar surface area (TPSA) is 102 Å². The maximum Gasteiger partial charge on any atom is 0.276 e. The highest BCUT2D eigenvalue weighted by molar-refractivity contribution is 6.02. The molecule has 22 heavy (non-hydrogen) atoms. The highest BCUT2D eigenvalue weighted by atomic mass is 16.5. The molecule has 0 saturated carbocycles. The Hall–Kier alpha value is -2.48. The van der Waals surface area contributed by atoms with E-state index in [1.807, 2.05) is 0 Å². The Morgan fingerprint density at radius 3 is 3.09 bits per heavy atom. The molecule has 3 heterocycles. The summed E-state index contributed by atoms with van der Waals surface area (Å²) in [6.45, 7) is 1.47. The van der Waals surface area contributed by atoms with Crippen molar-refractivity contribution in [2.45, 2.75) is 31.9 Å². The maximum absolute atomic E-state index is 12.0. The number of H-pyrrole nitrogens is 1. The van der Waals surface area contributed by atoms with E-state index < -0.39 is 5.91 Å². The number of carbonyl (C=O) groups excluding carboxylic acids is 1. The zero-order valence-electron chi connectivity index (χ0n) is 12.0. The first-order valence-corrected chi connectivity index (χ1v) is 7.22. The zero-order chi connectivity index (χ0) is 15.4. The molecule has 2 aromatic heterocycles. The molecule has 2 aromatic rings. The van der Waals surface area contributed by atoms with Gasteiger partial charge in [0, 0.05) is 18.9 Å². The predicted octanol–water partition coefficient (Wildman–Crippen LogP) is 0.788. The van der Waals surface area contributed by atoms with E-state index in [9.17, 15) is 9.59 Å². The summed E-state index contributed by atoms with van der Waals surface area (Å²) < 4.78 is 7.42. The number of aromatic amines is 1. The Labute approximate surface area is 126 Å². The molecule has 0 aromatic carbocycles. The highest BCUT2D eigenvalue weighted by Gasteiger charge is 2.15. The van der Waals surface area contributed by atoms with Gasteiger partial charge in [-0.25, -0.2) is 5.10 Å². The van der Waals surface area contributed by atoms with Crippen LogP contribution in [-0.2, 0) is 11.3 Å². The summed E-state index contributed by atoms with van der Waals surface area (Å²) in [5.74, 6) is -0.398. The number of ether oxygens (including phenoxy) is 1. The van der Waals surface area contributed by atoms with Crippen molar-refractivity contribution in [3.8, 4) is 0 Å². The number of rotatable bonds is 4. The molecule has 0 spiro atoms. The van der Waals surface area contributed by atoms with Crippen molar-refractivity contribution >= 4 is 11.6 Å². The molecular weight excluding hydrogens is 286 g/mol. The van der Waals surface area contributed by atoms with Crippen LogP contribution in [0.5, 0.6) is 0 Å². The van der Waals surface area contributed by atoms with E-state index >= 15 is 0 Å². The summed E-state index contributed by atoms with van der Waals surface area (Å²) >= 11 is 0. The van der Waals surface area contributed by atoms with Crippen LogP contribution in [0.1, 0.15) is 29.8 Å². The molecule has 1 atom stereocenters. The third-order valence-electron chi connectivity index (χ3n) is 3.47. The molecule has 116 valence electrons. The van der Waals surface area contributed by atoms with Gasteiger partial charge in [0.2, 0.25) is 0 Å². The monoisotopic (exact) mass is 303 g/mol. The van der Waals surface area contributed by atoms with Gasteiger partial charge in [-0.05, 0) is 25.3 Å². The van der Waals surface area contributed by atoms with Gasteiger partial charge in [0.25, 0.3) is 11.5 Å². The standard InChI is InChI=1S/C14H17N5O3/c20-13-5-4-12(17-18-13)14(21)16-10-7-15-19(8-10)9-11-3-1-2-6-22-11/h4-5,7-8,11H,1-3,6,9H2,(H,16,21)(H,18,20)/t11-/m1/s1. The van der Waals surface area contributed by atoms with E-state index in [1.165, 1.54) is 18.6 Å². The Bertz CT molecular complexity index is 682. The van der Waals surface area contributed by atoms with E-state index in [0.717, 1.165) is 19.4 Å². The highest BCUT2D eigenvalue weighted by Crippen LogP contribution is 2.15. The molecule has 1 amide bonds. The molecule has 1 aliphatic rings. The van der Waals surface area contributed by atoms with Crippen LogP contribution in [0.15, 0.2) is 29.3 Å². The molecule has 3 rings (SSSR count). The number of nitrogens with one attached hydrogen (secondary N) is 2. The van der Waals surface area contributed by atoms with Crippen LogP contribution >= 0.6 is 0 Å². The van der Waals surface area contributed by atoms with Gasteiger partial charge in [0.05, 0.1) is 24.5 Å². The number of aromatic nitrogens is 4. The largest absolute Gasteiger partial charge is 0.376 e. The zero-order valence-corrected chi connectivity index (χ0v) is 12.0. The lowest BCUT2D eigenvalue weighted by Crippen LogP contribution is -2.24. The van der Waals surface area contributed by atoms with Crippen LogP contribution in [0, 0.1) is 0 Å². The van der Waals surface area contributed by atoms with Crippen molar-refractivity contribution < 1.29 is 9.53 Å². The van der Waals surface area contributed by atoms with Crippen molar-refractivity contribution in [2.24, 2.45) is 0 Å². The Morgan fingerprint density at radius 1 is 1.45 bits per heavy atom. The molecule has 0 aliphatic carbocycles. The van der Waals surface area contributed by atoms with E-state index in [0.29, 0.717) is 12.2 Å². The summed E-state index contributed by atoms with van der Waals surface area (Å²) in [4.78, 5) is 22.9. The molecule has 2 N–H and O–H groups in total. The SMILES string of the molecule is O=C(Nc1cnn(C[C@H]2CCCCO2)c1)c1ccc(=O)[nH]n1. The van der Waals surface area contributed by atoms with E-state index in [-0.39, 0.29) is 17.4 Å². The number of carbonyl (C=O) groups is 1. The fraction of sp³-hybridized carbons (Fsp3) is 0.429. The van der Waals surface area contributed by atoms with Gasteiger partial charge in [-0.2, -0.15) is 10.2 Å². The van der Waals surface area contributed by atoms with Gasteiger partial charge >= 0.3 is 0 Å². The summed E-state index contributed by atoms with van der Waals surface area (Å²) in [5, 5.41) is 12.8. The van der Waals surface area contributed by atoms with Crippen molar-refractivity contribution in [3.63, 3.8) is 0 Å². The second-order valence-electron chi connectivity index (χ2n) is 5.20. The number of anilines is 1. The predicted molar refractivity (Wildman–Crippen MR) is 78.6 cm³/mol. The number of nitrogens with zero attached hydrogens (tertiary/aromatic N) is 3. The van der Waals surface area contributed by atoms with Gasteiger partial charge in [-0.1, -0.05) is 0 Å². The molecule has 1 aliphatic heterocycles. The lowest BCUT2D eigenvalue weighted by atomic mass is 10.1. The van der Waals surface area contributed by atoms with Crippen LogP contribution in [0.2, 0.25) is 0 Å². The fourth-order valence-corrected chi connectivity index (χ4v) is 2.35. The molecular formula is C14H17N5O3. The Morgan fingerprint density at radius 2 is 2.36 bits per heavy atom. The molecule has 0 bridgehead atoms. The third kappa shape index (κ3) is 3.59. The lowest BCUT2D eigenvalue weighted by molar-refractivity contribution is 0.00401. The van der Waals surface area contributed by atoms with Gasteiger partial charge in [0.1, 0.15) is 5.69 Å². The van der Waals surface area contributed by atoms with Crippen LogP contribution in [0.25, 0.3) is 0 Å². The first-order valence-electron chi connectivity index (χ1n) is 7.22. The number of amides is 1. The summed E-state index contributed by atoms with van der Waals surface area (Å²) in [5.41, 5.74) is 0.369. The van der Waals surface area contributed by atoms with E-state index in [1.54, 1.807) is 17.1 Å². The van der Waals surface area contributed by atoms with Crippen molar-refractivity contribution in [1.82, 2.24) is 20.0 Å². The van der Waals surface area contributed by atoms with Gasteiger partial charge in [0.15, 0.2) is 0 Å². The van der Waals surface area contributed by atoms with Gasteiger partial charge in [-0.3, -0.25) is 14.3 Å². The van der Waals surface area contributed by atoms with E-state index in [4.69, 9.17) is 4.74 Å². The minimum absolute atomic E-state index is 0.142. The average molecular weight is 303 g/mol. The second kappa shape index (κ2) is 6.52. The minimum atomic E-state index is -0.398. The lowest BCUT2D eigenvalue weighted by Gasteiger charge is -2.22. The van der Waals surface area contributed by atoms with E-state index in [2.05, 4.69) is 20.6 Å². The van der Waals surface area contributed by atoms with Crippen molar-refractivity contribution in [1.29, 1.82) is 0 Å². The van der Waals surface area contributed by atoms with Crippen LogP contribution in [0.4, 0.5) is 5.69 Å². The molecule has 1 fully saturated rings. The molecule has 1 saturated heterocycles. The first-order chi connectivity index (χ1) is 10.7. The number of hydrogen-bond acceptors (Lipinski definition) is 5. The summed E-state index contributed by atoms with van der Waals surface area (Å²) in [6, 6.07) is 2.63. The molecule has 0 unspecified atom stereocenters. The summed E-state index contributed by atoms with van der Waals surface area (Å²) in [7, 11) is 0. The Kier molecular flexibility index (Phi) is 4.29.